The van der Waals surface area contributed by atoms with Crippen LogP contribution in [0, 0.1) is 5.92 Å². The topological polar surface area (TPSA) is 130 Å². The molecule has 0 heterocycles. The second-order valence-electron chi connectivity index (χ2n) is 4.83. The Hall–Kier alpha value is -2.19. The van der Waals surface area contributed by atoms with Crippen molar-refractivity contribution in [1.29, 1.82) is 0 Å². The molecule has 0 spiro atoms. The highest BCUT2D eigenvalue weighted by molar-refractivity contribution is 5.88. The number of carboxylic acids is 2. The Morgan fingerprint density at radius 1 is 1.08 bits per heavy atom. The molecular formula is C16H28O8. The van der Waals surface area contributed by atoms with Crippen LogP contribution < -0.4 is 0 Å². The van der Waals surface area contributed by atoms with E-state index >= 15 is 0 Å². The molecule has 8 nitrogen and oxygen atoms in total. The molecule has 0 radical (unpaired) electrons. The highest BCUT2D eigenvalue weighted by atomic mass is 16.5. The van der Waals surface area contributed by atoms with Crippen molar-refractivity contribution in [2.24, 2.45) is 5.92 Å². The van der Waals surface area contributed by atoms with Crippen molar-refractivity contribution in [3.8, 4) is 0 Å². The van der Waals surface area contributed by atoms with Gasteiger partial charge in [0.25, 0.3) is 0 Å². The van der Waals surface area contributed by atoms with Crippen molar-refractivity contribution < 1.29 is 39.2 Å². The first-order valence-corrected chi connectivity index (χ1v) is 6.95. The summed E-state index contributed by atoms with van der Waals surface area (Å²) in [6.45, 7) is 9.29. The molecule has 140 valence electrons. The Kier molecular flexibility index (Phi) is 17.5. The minimum absolute atomic E-state index is 0.0133. The summed E-state index contributed by atoms with van der Waals surface area (Å²) in [6, 6.07) is 0. The lowest BCUT2D eigenvalue weighted by molar-refractivity contribution is -0.143. The van der Waals surface area contributed by atoms with Crippen molar-refractivity contribution >= 4 is 17.9 Å². The first kappa shape index (κ1) is 26.7. The van der Waals surface area contributed by atoms with Gasteiger partial charge in [0.1, 0.15) is 6.61 Å². The van der Waals surface area contributed by atoms with Gasteiger partial charge in [-0.15, -0.1) is 0 Å². The molecule has 2 atom stereocenters. The summed E-state index contributed by atoms with van der Waals surface area (Å²) >= 11 is 0. The van der Waals surface area contributed by atoms with Gasteiger partial charge in [0.15, 0.2) is 0 Å². The van der Waals surface area contributed by atoms with E-state index < -0.39 is 24.0 Å². The van der Waals surface area contributed by atoms with E-state index in [0.717, 1.165) is 0 Å². The van der Waals surface area contributed by atoms with Crippen LogP contribution in [-0.2, 0) is 23.9 Å². The molecule has 0 rings (SSSR count). The van der Waals surface area contributed by atoms with Gasteiger partial charge in [-0.2, -0.15) is 0 Å². The molecule has 0 aromatic rings. The third-order valence-electron chi connectivity index (χ3n) is 2.19. The van der Waals surface area contributed by atoms with Crippen LogP contribution in [0.5, 0.6) is 0 Å². The minimum Gasteiger partial charge on any atom is -0.478 e. The van der Waals surface area contributed by atoms with E-state index in [-0.39, 0.29) is 23.7 Å². The number of ether oxygens (including phenoxy) is 2. The molecule has 0 saturated carbocycles. The number of hydrogen-bond donors (Lipinski definition) is 3. The molecule has 0 aromatic carbocycles. The fourth-order valence-electron chi connectivity index (χ4n) is 0.980. The van der Waals surface area contributed by atoms with Gasteiger partial charge in [-0.05, 0) is 13.8 Å². The third kappa shape index (κ3) is 19.8. The number of allylic oxidation sites excluding steroid dienone is 1. The summed E-state index contributed by atoms with van der Waals surface area (Å²) in [7, 11) is 3.25. The standard InChI is InChI=1S/C9H12O4.C5H10O3.C2H6O/c1-5(7(3)9(12)13)4-6(2)8(10)11;1-4(6)3-8-5(2)7;1-3-2/h4-5H,3H2,1-2H3,(H,10,11)(H,12,13);4,6H,3H2,1-2H3;1-2H3. The SMILES string of the molecule is C=C(C(=O)O)C(C)C=C(C)C(=O)O.CC(=O)OCC(C)O.COC. The maximum absolute atomic E-state index is 10.4. The summed E-state index contributed by atoms with van der Waals surface area (Å²) in [6.07, 6.45) is 0.803. The number of carboxylic acid groups (broad SMARTS) is 2. The smallest absolute Gasteiger partial charge is 0.331 e. The quantitative estimate of drug-likeness (QED) is 0.486. The van der Waals surface area contributed by atoms with Gasteiger partial charge in [-0.1, -0.05) is 19.6 Å². The molecule has 24 heavy (non-hydrogen) atoms. The number of carbonyl (C=O) groups is 3. The van der Waals surface area contributed by atoms with Crippen LogP contribution >= 0.6 is 0 Å². The summed E-state index contributed by atoms with van der Waals surface area (Å²) in [5.41, 5.74) is 0.107. The van der Waals surface area contributed by atoms with E-state index in [1.165, 1.54) is 19.9 Å². The van der Waals surface area contributed by atoms with Crippen LogP contribution in [0.3, 0.4) is 0 Å². The highest BCUT2D eigenvalue weighted by Crippen LogP contribution is 2.12. The van der Waals surface area contributed by atoms with E-state index in [1.807, 2.05) is 0 Å². The normalized spacial score (nSPS) is 12.4. The van der Waals surface area contributed by atoms with Gasteiger partial charge < -0.3 is 24.8 Å². The molecule has 0 aliphatic heterocycles. The third-order valence-corrected chi connectivity index (χ3v) is 2.19. The highest BCUT2D eigenvalue weighted by Gasteiger charge is 2.12. The zero-order valence-electron chi connectivity index (χ0n) is 15.0. The first-order valence-electron chi connectivity index (χ1n) is 6.95. The molecule has 0 saturated heterocycles. The van der Waals surface area contributed by atoms with Crippen molar-refractivity contribution in [2.45, 2.75) is 33.8 Å². The largest absolute Gasteiger partial charge is 0.478 e. The monoisotopic (exact) mass is 348 g/mol. The van der Waals surface area contributed by atoms with Gasteiger partial charge in [0, 0.05) is 38.2 Å². The molecule has 0 bridgehead atoms. The van der Waals surface area contributed by atoms with Crippen LogP contribution in [-0.4, -0.2) is 60.2 Å². The number of esters is 1. The fourth-order valence-corrected chi connectivity index (χ4v) is 0.980. The zero-order chi connectivity index (χ0) is 19.9. The summed E-state index contributed by atoms with van der Waals surface area (Å²) in [5.74, 6) is -2.98. The maximum Gasteiger partial charge on any atom is 0.331 e. The molecule has 3 N–H and O–H groups in total. The number of aliphatic hydroxyl groups is 1. The number of rotatable bonds is 6. The van der Waals surface area contributed by atoms with E-state index in [9.17, 15) is 14.4 Å². The Balaban J connectivity index is -0.000000341. The van der Waals surface area contributed by atoms with Gasteiger partial charge in [-0.25, -0.2) is 9.59 Å². The van der Waals surface area contributed by atoms with Crippen molar-refractivity contribution in [2.75, 3.05) is 20.8 Å². The Labute approximate surface area is 142 Å². The lowest BCUT2D eigenvalue weighted by Gasteiger charge is -2.05. The molecule has 0 aliphatic rings. The molecule has 2 unspecified atom stereocenters. The number of methoxy groups -OCH3 is 1. The fraction of sp³-hybridized carbons (Fsp3) is 0.562. The molecular weight excluding hydrogens is 320 g/mol. The molecule has 0 fully saturated rings. The molecule has 8 heteroatoms. The number of carbonyl (C=O) groups excluding carboxylic acids is 1. The minimum atomic E-state index is -1.11. The first-order chi connectivity index (χ1) is 10.9. The lowest BCUT2D eigenvalue weighted by Crippen LogP contribution is -2.12. The Morgan fingerprint density at radius 2 is 1.50 bits per heavy atom. The van der Waals surface area contributed by atoms with E-state index in [4.69, 9.17) is 15.3 Å². The van der Waals surface area contributed by atoms with Crippen molar-refractivity contribution in [3.63, 3.8) is 0 Å². The second-order valence-corrected chi connectivity index (χ2v) is 4.83. The van der Waals surface area contributed by atoms with Gasteiger partial charge >= 0.3 is 17.9 Å². The molecule has 0 amide bonds. The second kappa shape index (κ2) is 15.7. The number of aliphatic carboxylic acids is 2. The van der Waals surface area contributed by atoms with E-state index in [2.05, 4.69) is 16.1 Å². The lowest BCUT2D eigenvalue weighted by atomic mass is 10.0. The Bertz CT molecular complexity index is 437. The molecule has 0 aliphatic carbocycles. The number of aliphatic hydroxyl groups excluding tert-OH is 1. The van der Waals surface area contributed by atoms with Gasteiger partial charge in [-0.3, -0.25) is 4.79 Å². The van der Waals surface area contributed by atoms with Crippen LogP contribution in [0.15, 0.2) is 23.8 Å². The van der Waals surface area contributed by atoms with E-state index in [0.29, 0.717) is 0 Å². The average Bonchev–Trinajstić information content (AvgIpc) is 2.45. The van der Waals surface area contributed by atoms with Crippen molar-refractivity contribution in [1.82, 2.24) is 0 Å². The summed E-state index contributed by atoms with van der Waals surface area (Å²) < 4.78 is 8.66. The van der Waals surface area contributed by atoms with E-state index in [1.54, 1.807) is 28.1 Å². The predicted molar refractivity (Wildman–Crippen MR) is 88.6 cm³/mol. The summed E-state index contributed by atoms with van der Waals surface area (Å²) in [4.78, 5) is 30.8. The van der Waals surface area contributed by atoms with Crippen molar-refractivity contribution in [3.05, 3.63) is 23.8 Å². The average molecular weight is 348 g/mol. The van der Waals surface area contributed by atoms with Crippen LogP contribution in [0.4, 0.5) is 0 Å². The zero-order valence-corrected chi connectivity index (χ0v) is 15.0. The van der Waals surface area contributed by atoms with Crippen LogP contribution in [0.25, 0.3) is 0 Å². The summed E-state index contributed by atoms with van der Waals surface area (Å²) in [5, 5.41) is 25.6. The van der Waals surface area contributed by atoms with Gasteiger partial charge in [0.05, 0.1) is 6.10 Å². The van der Waals surface area contributed by atoms with Crippen LogP contribution in [0.2, 0.25) is 0 Å². The number of hydrogen-bond acceptors (Lipinski definition) is 6. The Morgan fingerprint density at radius 3 is 1.71 bits per heavy atom. The molecule has 0 aromatic heterocycles. The van der Waals surface area contributed by atoms with Crippen LogP contribution in [0.1, 0.15) is 27.7 Å². The predicted octanol–water partition coefficient (Wildman–Crippen LogP) is 1.49. The maximum atomic E-state index is 10.4. The van der Waals surface area contributed by atoms with Gasteiger partial charge in [0.2, 0.25) is 0 Å².